The van der Waals surface area contributed by atoms with Crippen LogP contribution in [0.1, 0.15) is 35.1 Å². The van der Waals surface area contributed by atoms with Crippen LogP contribution in [0.15, 0.2) is 47.6 Å². The zero-order chi connectivity index (χ0) is 18.2. The van der Waals surface area contributed by atoms with E-state index < -0.39 is 0 Å². The lowest BCUT2D eigenvalue weighted by molar-refractivity contribution is -0.124. The predicted molar refractivity (Wildman–Crippen MR) is 101 cm³/mol. The van der Waals surface area contributed by atoms with E-state index in [-0.39, 0.29) is 24.7 Å². The van der Waals surface area contributed by atoms with E-state index >= 15 is 0 Å². The fourth-order valence-corrected chi connectivity index (χ4v) is 2.27. The summed E-state index contributed by atoms with van der Waals surface area (Å²) in [7, 11) is 0. The van der Waals surface area contributed by atoms with E-state index in [4.69, 9.17) is 0 Å². The van der Waals surface area contributed by atoms with Crippen molar-refractivity contribution in [2.24, 2.45) is 5.10 Å². The molecular weight excluding hydrogens is 314 g/mol. The Kier molecular flexibility index (Phi) is 6.46. The largest absolute Gasteiger partial charge is 0.326 e. The Hall–Kier alpha value is -2.95. The minimum atomic E-state index is -0.291. The zero-order valence-corrected chi connectivity index (χ0v) is 14.8. The highest BCUT2D eigenvalue weighted by atomic mass is 16.2. The van der Waals surface area contributed by atoms with Gasteiger partial charge in [0.1, 0.15) is 0 Å². The zero-order valence-electron chi connectivity index (χ0n) is 14.8. The minimum Gasteiger partial charge on any atom is -0.326 e. The molecule has 25 heavy (non-hydrogen) atoms. The highest BCUT2D eigenvalue weighted by molar-refractivity contribution is 5.94. The maximum absolute atomic E-state index is 12.0. The van der Waals surface area contributed by atoms with Crippen LogP contribution in [0.4, 0.5) is 5.69 Å². The molecule has 0 aliphatic rings. The van der Waals surface area contributed by atoms with Gasteiger partial charge in [-0.1, -0.05) is 36.4 Å². The Balaban J connectivity index is 1.78. The summed E-state index contributed by atoms with van der Waals surface area (Å²) in [6, 6.07) is 13.6. The average Bonchev–Trinajstić information content (AvgIpc) is 2.58. The van der Waals surface area contributed by atoms with E-state index in [2.05, 4.69) is 15.8 Å². The van der Waals surface area contributed by atoms with Gasteiger partial charge in [-0.2, -0.15) is 5.10 Å². The quantitative estimate of drug-likeness (QED) is 0.626. The van der Waals surface area contributed by atoms with E-state index in [0.29, 0.717) is 0 Å². The van der Waals surface area contributed by atoms with Crippen molar-refractivity contribution < 1.29 is 9.59 Å². The summed E-state index contributed by atoms with van der Waals surface area (Å²) in [5, 5.41) is 6.77. The molecule has 2 N–H and O–H groups in total. The van der Waals surface area contributed by atoms with Crippen molar-refractivity contribution in [2.45, 2.75) is 33.6 Å². The third kappa shape index (κ3) is 5.88. The molecular formula is C20H23N3O2. The van der Waals surface area contributed by atoms with Crippen LogP contribution >= 0.6 is 0 Å². The molecule has 2 amide bonds. The molecule has 2 aromatic carbocycles. The number of aryl methyl sites for hydroxylation is 3. The lowest BCUT2D eigenvalue weighted by atomic mass is 10.1. The number of carbonyl (C=O) groups is 2. The summed E-state index contributed by atoms with van der Waals surface area (Å²) in [5.41, 5.74) is 7.31. The van der Waals surface area contributed by atoms with Crippen molar-refractivity contribution in [2.75, 3.05) is 5.32 Å². The van der Waals surface area contributed by atoms with Gasteiger partial charge in [-0.05, 0) is 49.1 Å². The Labute approximate surface area is 148 Å². The van der Waals surface area contributed by atoms with Crippen LogP contribution in [-0.2, 0) is 9.59 Å². The molecule has 2 aromatic rings. The molecule has 0 heterocycles. The number of carbonyl (C=O) groups excluding carboxylic acids is 2. The van der Waals surface area contributed by atoms with Crippen molar-refractivity contribution in [3.8, 4) is 0 Å². The number of anilines is 1. The number of hydrazone groups is 1. The van der Waals surface area contributed by atoms with Crippen molar-refractivity contribution in [1.82, 2.24) is 5.43 Å². The Morgan fingerprint density at radius 2 is 1.68 bits per heavy atom. The van der Waals surface area contributed by atoms with Crippen molar-refractivity contribution in [3.63, 3.8) is 0 Å². The number of hydrogen-bond donors (Lipinski definition) is 2. The van der Waals surface area contributed by atoms with Crippen LogP contribution in [0, 0.1) is 20.8 Å². The van der Waals surface area contributed by atoms with Crippen LogP contribution in [0.5, 0.6) is 0 Å². The molecule has 0 spiro atoms. The second-order valence-electron chi connectivity index (χ2n) is 6.02. The third-order valence-electron chi connectivity index (χ3n) is 3.83. The van der Waals surface area contributed by atoms with Gasteiger partial charge >= 0.3 is 0 Å². The number of nitrogens with zero attached hydrogens (tertiary/aromatic N) is 1. The summed E-state index contributed by atoms with van der Waals surface area (Å²) in [5.74, 6) is -0.479. The second-order valence-corrected chi connectivity index (χ2v) is 6.02. The molecule has 0 radical (unpaired) electrons. The van der Waals surface area contributed by atoms with Crippen molar-refractivity contribution in [3.05, 3.63) is 64.7 Å². The molecule has 5 nitrogen and oxygen atoms in total. The SMILES string of the molecule is Cc1ccc(C)c(NC(=O)CCC(=O)N/N=C/c2ccccc2C)c1. The molecule has 0 aromatic heterocycles. The molecule has 0 saturated heterocycles. The van der Waals surface area contributed by atoms with E-state index in [1.165, 1.54) is 0 Å². The number of benzene rings is 2. The molecule has 0 aliphatic heterocycles. The van der Waals surface area contributed by atoms with Crippen LogP contribution in [-0.4, -0.2) is 18.0 Å². The first-order valence-electron chi connectivity index (χ1n) is 8.20. The molecule has 0 atom stereocenters. The maximum atomic E-state index is 12.0. The molecule has 0 saturated carbocycles. The van der Waals surface area contributed by atoms with Gasteiger partial charge in [-0.15, -0.1) is 0 Å². The average molecular weight is 337 g/mol. The normalized spacial score (nSPS) is 10.7. The van der Waals surface area contributed by atoms with Gasteiger partial charge in [0.2, 0.25) is 11.8 Å². The topological polar surface area (TPSA) is 70.6 Å². The standard InChI is InChI=1S/C20H23N3O2/c1-14-8-9-16(3)18(12-14)22-19(24)10-11-20(25)23-21-13-17-7-5-4-6-15(17)2/h4-9,12-13H,10-11H2,1-3H3,(H,22,24)(H,23,25)/b21-13+. The van der Waals surface area contributed by atoms with Crippen molar-refractivity contribution >= 4 is 23.7 Å². The fourth-order valence-electron chi connectivity index (χ4n) is 2.27. The monoisotopic (exact) mass is 337 g/mol. The number of rotatable bonds is 6. The van der Waals surface area contributed by atoms with Gasteiger partial charge < -0.3 is 5.32 Å². The minimum absolute atomic E-state index is 0.0851. The van der Waals surface area contributed by atoms with Gasteiger partial charge in [0.15, 0.2) is 0 Å². The second kappa shape index (κ2) is 8.78. The number of nitrogens with one attached hydrogen (secondary N) is 2. The van der Waals surface area contributed by atoms with Crippen LogP contribution in [0.3, 0.4) is 0 Å². The smallest absolute Gasteiger partial charge is 0.240 e. The summed E-state index contributed by atoms with van der Waals surface area (Å²) in [4.78, 5) is 23.8. The predicted octanol–water partition coefficient (Wildman–Crippen LogP) is 3.48. The number of amides is 2. The van der Waals surface area contributed by atoms with Crippen LogP contribution in [0.25, 0.3) is 0 Å². The van der Waals surface area contributed by atoms with E-state index in [0.717, 1.165) is 27.9 Å². The lowest BCUT2D eigenvalue weighted by Gasteiger charge is -2.09. The molecule has 0 unspecified atom stereocenters. The molecule has 2 rings (SSSR count). The summed E-state index contributed by atoms with van der Waals surface area (Å²) < 4.78 is 0. The molecule has 5 heteroatoms. The maximum Gasteiger partial charge on any atom is 0.240 e. The third-order valence-corrected chi connectivity index (χ3v) is 3.83. The lowest BCUT2D eigenvalue weighted by Crippen LogP contribution is -2.21. The van der Waals surface area contributed by atoms with Gasteiger partial charge in [0.05, 0.1) is 6.21 Å². The molecule has 0 fully saturated rings. The van der Waals surface area contributed by atoms with Gasteiger partial charge in [0, 0.05) is 18.5 Å². The number of hydrogen-bond acceptors (Lipinski definition) is 3. The van der Waals surface area contributed by atoms with E-state index in [1.807, 2.05) is 63.2 Å². The summed E-state index contributed by atoms with van der Waals surface area (Å²) in [6.07, 6.45) is 1.80. The first-order valence-corrected chi connectivity index (χ1v) is 8.20. The first-order chi connectivity index (χ1) is 12.0. The van der Waals surface area contributed by atoms with Gasteiger partial charge in [0.25, 0.3) is 0 Å². The summed E-state index contributed by atoms with van der Waals surface area (Å²) >= 11 is 0. The van der Waals surface area contributed by atoms with E-state index in [9.17, 15) is 9.59 Å². The molecule has 130 valence electrons. The Morgan fingerprint density at radius 3 is 2.44 bits per heavy atom. The van der Waals surface area contributed by atoms with Crippen molar-refractivity contribution in [1.29, 1.82) is 0 Å². The highest BCUT2D eigenvalue weighted by Gasteiger charge is 2.08. The Bertz CT molecular complexity index is 797. The van der Waals surface area contributed by atoms with Gasteiger partial charge in [-0.25, -0.2) is 5.43 Å². The summed E-state index contributed by atoms with van der Waals surface area (Å²) in [6.45, 7) is 5.87. The molecule has 0 bridgehead atoms. The highest BCUT2D eigenvalue weighted by Crippen LogP contribution is 2.16. The Morgan fingerprint density at radius 1 is 0.960 bits per heavy atom. The van der Waals surface area contributed by atoms with E-state index in [1.54, 1.807) is 6.21 Å². The fraction of sp³-hybridized carbons (Fsp3) is 0.250. The first kappa shape index (κ1) is 18.4. The van der Waals surface area contributed by atoms with Crippen LogP contribution < -0.4 is 10.7 Å². The molecule has 0 aliphatic carbocycles. The van der Waals surface area contributed by atoms with Crippen LogP contribution in [0.2, 0.25) is 0 Å². The van der Waals surface area contributed by atoms with Gasteiger partial charge in [-0.3, -0.25) is 9.59 Å².